The van der Waals surface area contributed by atoms with Gasteiger partial charge in [0.2, 0.25) is 0 Å². The van der Waals surface area contributed by atoms with Crippen LogP contribution in [0.15, 0.2) is 22.8 Å². The Labute approximate surface area is 112 Å². The third-order valence-electron chi connectivity index (χ3n) is 3.83. The van der Waals surface area contributed by atoms with Gasteiger partial charge in [0.05, 0.1) is 0 Å². The van der Waals surface area contributed by atoms with Crippen LogP contribution in [0.25, 0.3) is 0 Å². The quantitative estimate of drug-likeness (QED) is 0.907. The molecule has 0 radical (unpaired) electrons. The minimum atomic E-state index is 0.341. The SMILES string of the molecule is CC1(C)CCC(N)C(Cc2ccc(Br)cn2)C1. The highest BCUT2D eigenvalue weighted by atomic mass is 79.9. The maximum absolute atomic E-state index is 6.24. The summed E-state index contributed by atoms with van der Waals surface area (Å²) in [6.45, 7) is 4.70. The van der Waals surface area contributed by atoms with Crippen LogP contribution in [0.3, 0.4) is 0 Å². The Bertz CT molecular complexity index is 372. The Morgan fingerprint density at radius 1 is 1.47 bits per heavy atom. The number of rotatable bonds is 2. The van der Waals surface area contributed by atoms with E-state index >= 15 is 0 Å². The van der Waals surface area contributed by atoms with Gasteiger partial charge in [-0.15, -0.1) is 0 Å². The van der Waals surface area contributed by atoms with Gasteiger partial charge in [0, 0.05) is 22.4 Å². The molecule has 1 fully saturated rings. The minimum Gasteiger partial charge on any atom is -0.327 e. The molecule has 1 aliphatic carbocycles. The van der Waals surface area contributed by atoms with Gasteiger partial charge in [-0.2, -0.15) is 0 Å². The van der Waals surface area contributed by atoms with Gasteiger partial charge in [-0.3, -0.25) is 4.98 Å². The fourth-order valence-corrected chi connectivity index (χ4v) is 3.01. The monoisotopic (exact) mass is 296 g/mol. The van der Waals surface area contributed by atoms with Gasteiger partial charge in [0.1, 0.15) is 0 Å². The van der Waals surface area contributed by atoms with Crippen LogP contribution in [0.1, 0.15) is 38.8 Å². The maximum Gasteiger partial charge on any atom is 0.0413 e. The predicted octanol–water partition coefficient (Wildman–Crippen LogP) is 3.54. The standard InChI is InChI=1S/C14H21BrN2/c1-14(2)6-5-13(16)10(8-14)7-12-4-3-11(15)9-17-12/h3-4,9-10,13H,5-8,16H2,1-2H3. The Morgan fingerprint density at radius 2 is 2.24 bits per heavy atom. The second kappa shape index (κ2) is 5.07. The molecular weight excluding hydrogens is 276 g/mol. The Morgan fingerprint density at radius 3 is 2.88 bits per heavy atom. The lowest BCUT2D eigenvalue weighted by Gasteiger charge is -2.39. The van der Waals surface area contributed by atoms with E-state index in [4.69, 9.17) is 5.73 Å². The Kier molecular flexibility index (Phi) is 3.88. The molecule has 0 aromatic carbocycles. The molecule has 1 aromatic heterocycles. The zero-order chi connectivity index (χ0) is 12.5. The largest absolute Gasteiger partial charge is 0.327 e. The van der Waals surface area contributed by atoms with Gasteiger partial charge in [-0.05, 0) is 65.1 Å². The molecule has 0 saturated heterocycles. The fraction of sp³-hybridized carbons (Fsp3) is 0.643. The summed E-state index contributed by atoms with van der Waals surface area (Å²) in [7, 11) is 0. The Hall–Kier alpha value is -0.410. The van der Waals surface area contributed by atoms with Crippen LogP contribution in [0.4, 0.5) is 0 Å². The highest BCUT2D eigenvalue weighted by Crippen LogP contribution is 2.39. The number of aromatic nitrogens is 1. The van der Waals surface area contributed by atoms with Crippen LogP contribution < -0.4 is 5.73 Å². The van der Waals surface area contributed by atoms with Gasteiger partial charge < -0.3 is 5.73 Å². The van der Waals surface area contributed by atoms with E-state index in [1.807, 2.05) is 6.20 Å². The summed E-state index contributed by atoms with van der Waals surface area (Å²) in [4.78, 5) is 4.45. The molecule has 1 aromatic rings. The van der Waals surface area contributed by atoms with E-state index in [1.54, 1.807) is 0 Å². The summed E-state index contributed by atoms with van der Waals surface area (Å²) in [6.07, 6.45) is 6.49. The summed E-state index contributed by atoms with van der Waals surface area (Å²) in [5, 5.41) is 0. The van der Waals surface area contributed by atoms with Crippen LogP contribution >= 0.6 is 15.9 Å². The van der Waals surface area contributed by atoms with E-state index in [1.165, 1.54) is 12.8 Å². The summed E-state index contributed by atoms with van der Waals surface area (Å²) < 4.78 is 1.04. The van der Waals surface area contributed by atoms with E-state index in [0.717, 1.165) is 23.0 Å². The van der Waals surface area contributed by atoms with Gasteiger partial charge in [-0.25, -0.2) is 0 Å². The van der Waals surface area contributed by atoms with Crippen molar-refractivity contribution in [1.29, 1.82) is 0 Å². The van der Waals surface area contributed by atoms with Crippen LogP contribution in [0, 0.1) is 11.3 Å². The first-order chi connectivity index (χ1) is 7.96. The first-order valence-electron chi connectivity index (χ1n) is 6.32. The molecule has 0 spiro atoms. The van der Waals surface area contributed by atoms with Crippen molar-refractivity contribution in [1.82, 2.24) is 4.98 Å². The van der Waals surface area contributed by atoms with E-state index < -0.39 is 0 Å². The van der Waals surface area contributed by atoms with Crippen molar-refractivity contribution in [2.75, 3.05) is 0 Å². The number of nitrogens with two attached hydrogens (primary N) is 1. The van der Waals surface area contributed by atoms with E-state index in [9.17, 15) is 0 Å². The highest BCUT2D eigenvalue weighted by Gasteiger charge is 2.33. The highest BCUT2D eigenvalue weighted by molar-refractivity contribution is 9.10. The lowest BCUT2D eigenvalue weighted by Crippen LogP contribution is -2.40. The molecule has 0 amide bonds. The second-order valence-electron chi connectivity index (χ2n) is 6.00. The maximum atomic E-state index is 6.24. The number of hydrogen-bond acceptors (Lipinski definition) is 2. The summed E-state index contributed by atoms with van der Waals surface area (Å²) in [5.41, 5.74) is 7.84. The van der Waals surface area contributed by atoms with Crippen molar-refractivity contribution in [2.45, 2.75) is 45.6 Å². The van der Waals surface area contributed by atoms with Gasteiger partial charge in [0.25, 0.3) is 0 Å². The molecule has 94 valence electrons. The molecule has 0 bridgehead atoms. The molecule has 2 N–H and O–H groups in total. The fourth-order valence-electron chi connectivity index (χ4n) is 2.78. The van der Waals surface area contributed by atoms with Crippen molar-refractivity contribution in [3.8, 4) is 0 Å². The molecule has 1 aliphatic rings. The molecule has 17 heavy (non-hydrogen) atoms. The molecule has 3 heteroatoms. The number of hydrogen-bond donors (Lipinski definition) is 1. The first-order valence-corrected chi connectivity index (χ1v) is 7.12. The summed E-state index contributed by atoms with van der Waals surface area (Å²) in [6, 6.07) is 4.49. The van der Waals surface area contributed by atoms with Crippen LogP contribution in [0.2, 0.25) is 0 Å². The van der Waals surface area contributed by atoms with Gasteiger partial charge in [-0.1, -0.05) is 13.8 Å². The molecule has 0 aliphatic heterocycles. The minimum absolute atomic E-state index is 0.341. The second-order valence-corrected chi connectivity index (χ2v) is 6.92. The number of pyridine rings is 1. The van der Waals surface area contributed by atoms with Crippen LogP contribution in [-0.2, 0) is 6.42 Å². The summed E-state index contributed by atoms with van der Waals surface area (Å²) >= 11 is 3.41. The normalized spacial score (nSPS) is 28.0. The topological polar surface area (TPSA) is 38.9 Å². The van der Waals surface area contributed by atoms with E-state index in [-0.39, 0.29) is 0 Å². The average Bonchev–Trinajstić information content (AvgIpc) is 2.26. The zero-order valence-electron chi connectivity index (χ0n) is 10.6. The molecule has 2 rings (SSSR count). The predicted molar refractivity (Wildman–Crippen MR) is 74.7 cm³/mol. The average molecular weight is 297 g/mol. The molecule has 1 heterocycles. The lowest BCUT2D eigenvalue weighted by molar-refractivity contribution is 0.156. The molecular formula is C14H21BrN2. The molecule has 2 unspecified atom stereocenters. The van der Waals surface area contributed by atoms with Crippen LogP contribution in [0.5, 0.6) is 0 Å². The van der Waals surface area contributed by atoms with Crippen molar-refractivity contribution in [3.63, 3.8) is 0 Å². The van der Waals surface area contributed by atoms with Crippen LogP contribution in [-0.4, -0.2) is 11.0 Å². The molecule has 2 nitrogen and oxygen atoms in total. The van der Waals surface area contributed by atoms with Gasteiger partial charge in [0.15, 0.2) is 0 Å². The molecule has 1 saturated carbocycles. The third kappa shape index (κ3) is 3.52. The third-order valence-corrected chi connectivity index (χ3v) is 4.30. The molecule has 2 atom stereocenters. The van der Waals surface area contributed by atoms with Gasteiger partial charge >= 0.3 is 0 Å². The van der Waals surface area contributed by atoms with Crippen molar-refractivity contribution >= 4 is 15.9 Å². The van der Waals surface area contributed by atoms with E-state index in [2.05, 4.69) is 46.9 Å². The number of nitrogens with zero attached hydrogens (tertiary/aromatic N) is 1. The van der Waals surface area contributed by atoms with E-state index in [0.29, 0.717) is 17.4 Å². The summed E-state index contributed by atoms with van der Waals surface area (Å²) in [5.74, 6) is 0.576. The Balaban J connectivity index is 2.04. The first kappa shape index (κ1) is 13.0. The smallest absolute Gasteiger partial charge is 0.0413 e. The lowest BCUT2D eigenvalue weighted by atomic mass is 9.69. The van der Waals surface area contributed by atoms with Crippen molar-refractivity contribution < 1.29 is 0 Å². The van der Waals surface area contributed by atoms with Crippen molar-refractivity contribution in [2.24, 2.45) is 17.1 Å². The van der Waals surface area contributed by atoms with Crippen molar-refractivity contribution in [3.05, 3.63) is 28.5 Å². The zero-order valence-corrected chi connectivity index (χ0v) is 12.2. The number of halogens is 1.